The molecule has 3 rings (SSSR count). The van der Waals surface area contributed by atoms with Crippen LogP contribution in [0, 0.1) is 5.92 Å². The summed E-state index contributed by atoms with van der Waals surface area (Å²) in [5.74, 6) is 2.75. The Hall–Kier alpha value is -0.830. The van der Waals surface area contributed by atoms with Crippen molar-refractivity contribution in [3.8, 4) is 0 Å². The van der Waals surface area contributed by atoms with Gasteiger partial charge >= 0.3 is 0 Å². The molecule has 88 valence electrons. The molecular formula is C13H20N2O. The monoisotopic (exact) mass is 220 g/mol. The van der Waals surface area contributed by atoms with Crippen LogP contribution in [0.25, 0.3) is 0 Å². The number of nitrogens with zero attached hydrogens (tertiary/aromatic N) is 2. The lowest BCUT2D eigenvalue weighted by Gasteiger charge is -2.15. The van der Waals surface area contributed by atoms with Crippen LogP contribution >= 0.6 is 0 Å². The summed E-state index contributed by atoms with van der Waals surface area (Å²) in [5.41, 5.74) is 0. The first-order chi connectivity index (χ1) is 7.93. The van der Waals surface area contributed by atoms with Gasteiger partial charge in [0.2, 0.25) is 0 Å². The number of hydrogen-bond acceptors (Lipinski definition) is 2. The molecule has 1 aliphatic carbocycles. The van der Waals surface area contributed by atoms with E-state index in [0.717, 1.165) is 25.7 Å². The summed E-state index contributed by atoms with van der Waals surface area (Å²) >= 11 is 0. The lowest BCUT2D eigenvalue weighted by atomic mass is 10.1. The first-order valence-electron chi connectivity index (χ1n) is 6.52. The van der Waals surface area contributed by atoms with Crippen LogP contribution in [0.1, 0.15) is 43.8 Å². The van der Waals surface area contributed by atoms with E-state index in [1.807, 2.05) is 6.20 Å². The van der Waals surface area contributed by atoms with Gasteiger partial charge in [0.25, 0.3) is 0 Å². The zero-order chi connectivity index (χ0) is 10.8. The van der Waals surface area contributed by atoms with Crippen molar-refractivity contribution >= 4 is 0 Å². The molecule has 1 aromatic rings. The van der Waals surface area contributed by atoms with E-state index in [9.17, 15) is 0 Å². The minimum absolute atomic E-state index is 0.703. The van der Waals surface area contributed by atoms with Crippen LogP contribution in [0.15, 0.2) is 12.4 Å². The van der Waals surface area contributed by atoms with Crippen molar-refractivity contribution in [1.29, 1.82) is 0 Å². The number of aromatic nitrogens is 2. The molecule has 2 fully saturated rings. The molecule has 0 bridgehead atoms. The van der Waals surface area contributed by atoms with E-state index in [0.29, 0.717) is 5.92 Å². The largest absolute Gasteiger partial charge is 0.381 e. The molecule has 0 aromatic carbocycles. The Morgan fingerprint density at radius 3 is 2.94 bits per heavy atom. The summed E-state index contributed by atoms with van der Waals surface area (Å²) in [6.07, 6.45) is 10.7. The van der Waals surface area contributed by atoms with Crippen molar-refractivity contribution < 1.29 is 4.74 Å². The van der Waals surface area contributed by atoms with Crippen molar-refractivity contribution in [2.24, 2.45) is 5.92 Å². The lowest BCUT2D eigenvalue weighted by Crippen LogP contribution is -2.14. The SMILES string of the molecule is c1cn(CC2CCOC2)c(C2CCCC2)n1. The van der Waals surface area contributed by atoms with Crippen LogP contribution in [-0.2, 0) is 11.3 Å². The summed E-state index contributed by atoms with van der Waals surface area (Å²) in [7, 11) is 0. The molecule has 0 spiro atoms. The highest BCUT2D eigenvalue weighted by atomic mass is 16.5. The molecule has 2 heterocycles. The molecule has 2 aliphatic rings. The Morgan fingerprint density at radius 1 is 1.31 bits per heavy atom. The molecule has 3 nitrogen and oxygen atoms in total. The van der Waals surface area contributed by atoms with E-state index >= 15 is 0 Å². The maximum atomic E-state index is 5.44. The van der Waals surface area contributed by atoms with Gasteiger partial charge in [-0.15, -0.1) is 0 Å². The van der Waals surface area contributed by atoms with Gasteiger partial charge in [-0.2, -0.15) is 0 Å². The topological polar surface area (TPSA) is 27.1 Å². The second-order valence-electron chi connectivity index (χ2n) is 5.15. The maximum Gasteiger partial charge on any atom is 0.111 e. The van der Waals surface area contributed by atoms with E-state index in [1.165, 1.54) is 37.9 Å². The van der Waals surface area contributed by atoms with Gasteiger partial charge in [-0.3, -0.25) is 0 Å². The molecule has 0 amide bonds. The molecule has 1 aliphatic heterocycles. The average Bonchev–Trinajstić information content (AvgIpc) is 2.98. The van der Waals surface area contributed by atoms with Crippen LogP contribution in [0.2, 0.25) is 0 Å². The van der Waals surface area contributed by atoms with Gasteiger partial charge in [0.15, 0.2) is 0 Å². The third-order valence-corrected chi connectivity index (χ3v) is 3.95. The van der Waals surface area contributed by atoms with Gasteiger partial charge in [-0.05, 0) is 19.3 Å². The highest BCUT2D eigenvalue weighted by molar-refractivity contribution is 5.02. The molecule has 1 saturated carbocycles. The predicted octanol–water partition coefficient (Wildman–Crippen LogP) is 2.58. The fraction of sp³-hybridized carbons (Fsp3) is 0.769. The third kappa shape index (κ3) is 2.01. The Balaban J connectivity index is 1.71. The first-order valence-corrected chi connectivity index (χ1v) is 6.52. The number of ether oxygens (including phenoxy) is 1. The molecule has 16 heavy (non-hydrogen) atoms. The molecule has 3 heteroatoms. The van der Waals surface area contributed by atoms with E-state index in [2.05, 4.69) is 15.7 Å². The normalized spacial score (nSPS) is 26.6. The minimum Gasteiger partial charge on any atom is -0.381 e. The average molecular weight is 220 g/mol. The summed E-state index contributed by atoms with van der Waals surface area (Å²) in [6, 6.07) is 0. The van der Waals surface area contributed by atoms with Gasteiger partial charge < -0.3 is 9.30 Å². The second-order valence-corrected chi connectivity index (χ2v) is 5.15. The Bertz CT molecular complexity index is 335. The van der Waals surface area contributed by atoms with Gasteiger partial charge in [-0.25, -0.2) is 4.98 Å². The summed E-state index contributed by atoms with van der Waals surface area (Å²) in [6.45, 7) is 2.98. The van der Waals surface area contributed by atoms with Gasteiger partial charge in [0.05, 0.1) is 6.61 Å². The molecule has 1 unspecified atom stereocenters. The van der Waals surface area contributed by atoms with Crippen LogP contribution in [0.3, 0.4) is 0 Å². The minimum atomic E-state index is 0.703. The third-order valence-electron chi connectivity index (χ3n) is 3.95. The number of hydrogen-bond donors (Lipinski definition) is 0. The predicted molar refractivity (Wildman–Crippen MR) is 62.4 cm³/mol. The highest BCUT2D eigenvalue weighted by Gasteiger charge is 2.23. The van der Waals surface area contributed by atoms with Crippen molar-refractivity contribution in [2.75, 3.05) is 13.2 Å². The summed E-state index contributed by atoms with van der Waals surface area (Å²) in [4.78, 5) is 4.56. The van der Waals surface area contributed by atoms with Crippen molar-refractivity contribution in [1.82, 2.24) is 9.55 Å². The summed E-state index contributed by atoms with van der Waals surface area (Å²) in [5, 5.41) is 0. The van der Waals surface area contributed by atoms with Crippen LogP contribution in [0.4, 0.5) is 0 Å². The molecule has 0 N–H and O–H groups in total. The van der Waals surface area contributed by atoms with Gasteiger partial charge in [-0.1, -0.05) is 12.8 Å². The van der Waals surface area contributed by atoms with Crippen molar-refractivity contribution in [2.45, 2.75) is 44.6 Å². The van der Waals surface area contributed by atoms with E-state index in [-0.39, 0.29) is 0 Å². The Kier molecular flexibility index (Phi) is 2.96. The molecule has 0 radical (unpaired) electrons. The van der Waals surface area contributed by atoms with Crippen molar-refractivity contribution in [3.63, 3.8) is 0 Å². The quantitative estimate of drug-likeness (QED) is 0.783. The molecular weight excluding hydrogens is 200 g/mol. The number of imidazole rings is 1. The fourth-order valence-electron chi connectivity index (χ4n) is 3.02. The van der Waals surface area contributed by atoms with Crippen LogP contribution in [0.5, 0.6) is 0 Å². The standard InChI is InChI=1S/C13H20N2O/c1-2-4-12(3-1)13-14-6-7-15(13)9-11-5-8-16-10-11/h6-7,11-12H,1-5,8-10H2. The first kappa shape index (κ1) is 10.3. The Labute approximate surface area is 96.8 Å². The molecule has 1 atom stereocenters. The van der Waals surface area contributed by atoms with Crippen molar-refractivity contribution in [3.05, 3.63) is 18.2 Å². The zero-order valence-electron chi connectivity index (χ0n) is 9.77. The van der Waals surface area contributed by atoms with Gasteiger partial charge in [0.1, 0.15) is 5.82 Å². The smallest absolute Gasteiger partial charge is 0.111 e. The summed E-state index contributed by atoms with van der Waals surface area (Å²) < 4.78 is 7.81. The zero-order valence-corrected chi connectivity index (χ0v) is 9.77. The van der Waals surface area contributed by atoms with Gasteiger partial charge in [0, 0.05) is 37.4 Å². The maximum absolute atomic E-state index is 5.44. The van der Waals surface area contributed by atoms with E-state index in [4.69, 9.17) is 4.74 Å². The van der Waals surface area contributed by atoms with E-state index in [1.54, 1.807) is 0 Å². The van der Waals surface area contributed by atoms with Crippen LogP contribution < -0.4 is 0 Å². The van der Waals surface area contributed by atoms with E-state index < -0.39 is 0 Å². The van der Waals surface area contributed by atoms with Crippen LogP contribution in [-0.4, -0.2) is 22.8 Å². The highest BCUT2D eigenvalue weighted by Crippen LogP contribution is 2.33. The molecule has 1 saturated heterocycles. The second kappa shape index (κ2) is 4.58. The molecule has 1 aromatic heterocycles. The fourth-order valence-corrected chi connectivity index (χ4v) is 3.02. The lowest BCUT2D eigenvalue weighted by molar-refractivity contribution is 0.182. The number of rotatable bonds is 3. The Morgan fingerprint density at radius 2 is 2.19 bits per heavy atom.